The maximum Gasteiger partial charge on any atom is 0.154 e. The highest BCUT2D eigenvalue weighted by Crippen LogP contribution is 2.27. The van der Waals surface area contributed by atoms with Crippen molar-refractivity contribution in [3.8, 4) is 0 Å². The van der Waals surface area contributed by atoms with Gasteiger partial charge in [-0.25, -0.2) is 9.97 Å². The van der Waals surface area contributed by atoms with Crippen molar-refractivity contribution >= 4 is 28.9 Å². The number of nitrogen functional groups attached to an aromatic ring is 1. The molecule has 1 aromatic heterocycles. The highest BCUT2D eigenvalue weighted by atomic mass is 35.5. The molecule has 5 heteroatoms. The molecule has 3 N–H and O–H groups in total. The predicted octanol–water partition coefficient (Wildman–Crippen LogP) is 3.02. The fourth-order valence-corrected chi connectivity index (χ4v) is 1.69. The fourth-order valence-electron chi connectivity index (χ4n) is 1.55. The molecule has 0 aliphatic rings. The van der Waals surface area contributed by atoms with Gasteiger partial charge < -0.3 is 11.1 Å². The Morgan fingerprint density at radius 3 is 2.82 bits per heavy atom. The number of aryl methyl sites for hydroxylation is 1. The van der Waals surface area contributed by atoms with E-state index in [4.69, 9.17) is 17.3 Å². The lowest BCUT2D eigenvalue weighted by atomic mass is 10.1. The van der Waals surface area contributed by atoms with Crippen molar-refractivity contribution in [2.45, 2.75) is 13.3 Å². The first-order valence-corrected chi connectivity index (χ1v) is 5.71. The molecule has 0 radical (unpaired) electrons. The largest absolute Gasteiger partial charge is 0.382 e. The van der Waals surface area contributed by atoms with E-state index < -0.39 is 0 Å². The zero-order valence-electron chi connectivity index (χ0n) is 9.44. The smallest absolute Gasteiger partial charge is 0.154 e. The zero-order chi connectivity index (χ0) is 12.3. The summed E-state index contributed by atoms with van der Waals surface area (Å²) in [6, 6.07) is 7.99. The number of hydrogen-bond acceptors (Lipinski definition) is 4. The topological polar surface area (TPSA) is 63.8 Å². The lowest BCUT2D eigenvalue weighted by Gasteiger charge is -2.11. The van der Waals surface area contributed by atoms with Crippen LogP contribution in [0.5, 0.6) is 0 Å². The summed E-state index contributed by atoms with van der Waals surface area (Å²) in [5, 5.41) is 3.52. The Balaban J connectivity index is 2.35. The maximum atomic E-state index is 6.03. The second-order valence-corrected chi connectivity index (χ2v) is 3.94. The molecule has 4 nitrogen and oxygen atoms in total. The molecule has 0 atom stereocenters. The third-order valence-electron chi connectivity index (χ3n) is 2.47. The number of aromatic nitrogens is 2. The molecule has 0 aliphatic carbocycles. The molecule has 1 aromatic carbocycles. The molecule has 0 saturated carbocycles. The molecule has 17 heavy (non-hydrogen) atoms. The number of hydrogen-bond donors (Lipinski definition) is 2. The first kappa shape index (κ1) is 11.7. The van der Waals surface area contributed by atoms with E-state index in [0.29, 0.717) is 10.8 Å². The number of nitrogens with one attached hydrogen (secondary N) is 1. The van der Waals surface area contributed by atoms with E-state index in [-0.39, 0.29) is 5.82 Å². The zero-order valence-corrected chi connectivity index (χ0v) is 10.2. The highest BCUT2D eigenvalue weighted by molar-refractivity contribution is 6.35. The van der Waals surface area contributed by atoms with E-state index in [0.717, 1.165) is 12.1 Å². The molecule has 88 valence electrons. The Morgan fingerprint density at radius 1 is 1.29 bits per heavy atom. The molecule has 0 amide bonds. The first-order valence-electron chi connectivity index (χ1n) is 5.33. The Kier molecular flexibility index (Phi) is 3.44. The second kappa shape index (κ2) is 5.01. The van der Waals surface area contributed by atoms with Gasteiger partial charge in [-0.1, -0.05) is 36.7 Å². The van der Waals surface area contributed by atoms with Crippen molar-refractivity contribution in [2.75, 3.05) is 11.1 Å². The van der Waals surface area contributed by atoms with E-state index >= 15 is 0 Å². The Labute approximate surface area is 105 Å². The lowest BCUT2D eigenvalue weighted by Crippen LogP contribution is -2.01. The number of benzene rings is 1. The minimum atomic E-state index is 0.276. The van der Waals surface area contributed by atoms with Crippen molar-refractivity contribution in [3.05, 3.63) is 41.2 Å². The molecule has 0 saturated heterocycles. The fraction of sp³-hybridized carbons (Fsp3) is 0.167. The van der Waals surface area contributed by atoms with Crippen molar-refractivity contribution in [2.24, 2.45) is 0 Å². The average Bonchev–Trinajstić information content (AvgIpc) is 2.35. The van der Waals surface area contributed by atoms with Crippen molar-refractivity contribution < 1.29 is 0 Å². The van der Waals surface area contributed by atoms with E-state index in [1.165, 1.54) is 11.9 Å². The first-order chi connectivity index (χ1) is 8.22. The Morgan fingerprint density at radius 2 is 2.06 bits per heavy atom. The van der Waals surface area contributed by atoms with Gasteiger partial charge in [-0.05, 0) is 18.1 Å². The molecule has 2 aromatic rings. The molecule has 0 unspecified atom stereocenters. The number of anilines is 3. The quantitative estimate of drug-likeness (QED) is 0.876. The number of nitrogens with zero attached hydrogens (tertiary/aromatic N) is 2. The third-order valence-corrected chi connectivity index (χ3v) is 2.84. The summed E-state index contributed by atoms with van der Waals surface area (Å²) in [5.41, 5.74) is 7.80. The number of para-hydroxylation sites is 1. The van der Waals surface area contributed by atoms with E-state index in [2.05, 4.69) is 28.3 Å². The van der Waals surface area contributed by atoms with Crippen molar-refractivity contribution in [3.63, 3.8) is 0 Å². The normalized spacial score (nSPS) is 10.2. The van der Waals surface area contributed by atoms with Gasteiger partial charge in [-0.15, -0.1) is 0 Å². The van der Waals surface area contributed by atoms with E-state index in [1.807, 2.05) is 18.2 Å². The second-order valence-electron chi connectivity index (χ2n) is 3.56. The molecule has 0 fully saturated rings. The minimum Gasteiger partial charge on any atom is -0.382 e. The molecular weight excluding hydrogens is 236 g/mol. The maximum absolute atomic E-state index is 6.03. The predicted molar refractivity (Wildman–Crippen MR) is 70.6 cm³/mol. The van der Waals surface area contributed by atoms with Crippen LogP contribution in [0.1, 0.15) is 12.5 Å². The van der Waals surface area contributed by atoms with Gasteiger partial charge in [0.2, 0.25) is 0 Å². The third kappa shape index (κ3) is 2.47. The van der Waals surface area contributed by atoms with Crippen LogP contribution in [0.2, 0.25) is 5.02 Å². The van der Waals surface area contributed by atoms with Gasteiger partial charge in [-0.3, -0.25) is 0 Å². The van der Waals surface area contributed by atoms with Gasteiger partial charge in [0.15, 0.2) is 5.82 Å². The molecule has 2 rings (SSSR count). The van der Waals surface area contributed by atoms with Crippen LogP contribution >= 0.6 is 11.6 Å². The van der Waals surface area contributed by atoms with Gasteiger partial charge >= 0.3 is 0 Å². The van der Waals surface area contributed by atoms with Gasteiger partial charge in [0.1, 0.15) is 17.2 Å². The number of halogens is 1. The molecule has 0 aliphatic heterocycles. The molecule has 0 bridgehead atoms. The molecule has 1 heterocycles. The van der Waals surface area contributed by atoms with Crippen LogP contribution < -0.4 is 11.1 Å². The average molecular weight is 249 g/mol. The van der Waals surface area contributed by atoms with Crippen molar-refractivity contribution in [1.82, 2.24) is 9.97 Å². The Bertz CT molecular complexity index is 528. The number of nitrogens with two attached hydrogens (primary N) is 1. The summed E-state index contributed by atoms with van der Waals surface area (Å²) in [4.78, 5) is 7.89. The van der Waals surface area contributed by atoms with Crippen LogP contribution in [0.25, 0.3) is 0 Å². The highest BCUT2D eigenvalue weighted by Gasteiger charge is 2.08. The number of rotatable bonds is 3. The van der Waals surface area contributed by atoms with E-state index in [9.17, 15) is 0 Å². The molecular formula is C12H13ClN4. The van der Waals surface area contributed by atoms with Crippen molar-refractivity contribution in [1.29, 1.82) is 0 Å². The van der Waals surface area contributed by atoms with Gasteiger partial charge in [0, 0.05) is 5.69 Å². The van der Waals surface area contributed by atoms with Crippen LogP contribution in [0.3, 0.4) is 0 Å². The summed E-state index contributed by atoms with van der Waals surface area (Å²) >= 11 is 6.03. The van der Waals surface area contributed by atoms with Gasteiger partial charge in [0.25, 0.3) is 0 Å². The summed E-state index contributed by atoms with van der Waals surface area (Å²) < 4.78 is 0. The van der Waals surface area contributed by atoms with Crippen LogP contribution in [-0.2, 0) is 6.42 Å². The monoisotopic (exact) mass is 248 g/mol. The summed E-state index contributed by atoms with van der Waals surface area (Å²) in [7, 11) is 0. The minimum absolute atomic E-state index is 0.276. The summed E-state index contributed by atoms with van der Waals surface area (Å²) in [6.45, 7) is 2.09. The lowest BCUT2D eigenvalue weighted by molar-refractivity contribution is 1.13. The van der Waals surface area contributed by atoms with Gasteiger partial charge in [0.05, 0.1) is 0 Å². The van der Waals surface area contributed by atoms with Crippen LogP contribution in [-0.4, -0.2) is 9.97 Å². The standard InChI is InChI=1S/C12H13ClN4/c1-2-8-5-3-4-6-9(8)17-12-10(13)11(14)15-7-16-12/h3-7H,2H2,1H3,(H3,14,15,16,17). The van der Waals surface area contributed by atoms with E-state index in [1.54, 1.807) is 0 Å². The van der Waals surface area contributed by atoms with Crippen LogP contribution in [0.4, 0.5) is 17.3 Å². The SMILES string of the molecule is CCc1ccccc1Nc1ncnc(N)c1Cl. The van der Waals surface area contributed by atoms with Crippen LogP contribution in [0.15, 0.2) is 30.6 Å². The summed E-state index contributed by atoms with van der Waals surface area (Å²) in [6.07, 6.45) is 2.32. The summed E-state index contributed by atoms with van der Waals surface area (Å²) in [5.74, 6) is 0.804. The Hall–Kier alpha value is -1.81. The van der Waals surface area contributed by atoms with Gasteiger partial charge in [-0.2, -0.15) is 0 Å². The molecule has 0 spiro atoms. The van der Waals surface area contributed by atoms with Crippen LogP contribution in [0, 0.1) is 0 Å².